The van der Waals surface area contributed by atoms with Gasteiger partial charge in [0.1, 0.15) is 22.9 Å². The summed E-state index contributed by atoms with van der Waals surface area (Å²) < 4.78 is 42.0. The summed E-state index contributed by atoms with van der Waals surface area (Å²) in [6.07, 6.45) is 11.9. The molecule has 2 heterocycles. The molecule has 5 amide bonds. The molecule has 6 saturated carbocycles. The number of hydrogen-bond acceptors (Lipinski definition) is 22. The lowest BCUT2D eigenvalue weighted by Gasteiger charge is -2.60. The second-order valence-electron chi connectivity index (χ2n) is 32.8. The van der Waals surface area contributed by atoms with Gasteiger partial charge in [0.2, 0.25) is 29.3 Å². The topological polar surface area (TPSA) is 494 Å². The summed E-state index contributed by atoms with van der Waals surface area (Å²) in [5.41, 5.74) is 17.7. The van der Waals surface area contributed by atoms with Crippen molar-refractivity contribution in [3.8, 4) is 0 Å². The van der Waals surface area contributed by atoms with Gasteiger partial charge in [-0.25, -0.2) is 9.59 Å². The highest BCUT2D eigenvalue weighted by Crippen LogP contribution is 2.69. The number of alkyl halides is 4. The van der Waals surface area contributed by atoms with Crippen LogP contribution in [0.4, 0.5) is 18.0 Å². The largest absolute Gasteiger partial charge is 0.490 e. The standard InChI is InChI=1S/C50H77N7O11S2.C23H31ClO6.C2HF3O2.C2H5NO/c1-48-19-17-32(59)23-30(48)15-16-33-34-18-20-50(67,49(34,2)24-38(61)43(33)48)40(62)25-68-42(64)28-69-26-29(45(51)65)22-37(60)35(12-9-21-54-46(52)53)55-41(63)14-6-4-3-5-10-31(58)11-7-8-13-39-44-36(27-70-39)56-47(66)57-44;1-21-7-5-14(25)9-13(21)3-4-15-16-6-8-23(29,18(27)12-30-19(28)11-24)22(16,2)10-17(26)20(15)21;3-2(4,5)1(6)7;1-2(3)4/h23,29,33-36,38-39,43-44,61,67H,3-22,24-28H2,1-2H3,(H2,51,65)(H,55,63)(H4,52,53,54)(H2,56,57,66);9,15-17,20,26,29H,3-8,10-12H2,1-2H3;(H,6,7);1H3,(H2,3,4)/t29-,33-,34-,35+,36-,38-,39-,43+,44-,48-,49-,50-;15-,16-,17-,20+,21-,22-,23-;;/m00../s1. The number of esters is 2. The first kappa shape index (κ1) is 91.7. The van der Waals surface area contributed by atoms with Gasteiger partial charge in [0, 0.05) is 79.6 Å². The number of hydrogen-bond donors (Lipinski definition) is 12. The minimum Gasteiger partial charge on any atom is -0.475 e. The molecule has 2 saturated heterocycles. The van der Waals surface area contributed by atoms with E-state index in [1.54, 1.807) is 12.2 Å². The normalized spacial score (nSPS) is 33.1. The first-order valence-corrected chi connectivity index (χ1v) is 41.5. The van der Waals surface area contributed by atoms with Crippen LogP contribution in [0, 0.1) is 63.1 Å². The van der Waals surface area contributed by atoms with Gasteiger partial charge in [-0.15, -0.1) is 23.4 Å². The third-order valence-corrected chi connectivity index (χ3v) is 28.7. The zero-order valence-corrected chi connectivity index (χ0v) is 66.5. The van der Waals surface area contributed by atoms with Crippen molar-refractivity contribution in [1.29, 1.82) is 0 Å². The van der Waals surface area contributed by atoms with E-state index in [2.05, 4.69) is 40.5 Å². The zero-order chi connectivity index (χ0) is 82.4. The van der Waals surface area contributed by atoms with Crippen LogP contribution in [0.1, 0.15) is 208 Å². The van der Waals surface area contributed by atoms with Gasteiger partial charge in [-0.2, -0.15) is 24.9 Å². The minimum absolute atomic E-state index is 0.00532. The number of carboxylic acids is 1. The first-order valence-electron chi connectivity index (χ1n) is 38.7. The molecule has 0 unspecified atom stereocenters. The van der Waals surface area contributed by atoms with Crippen molar-refractivity contribution in [3.05, 3.63) is 23.3 Å². The second kappa shape index (κ2) is 39.2. The van der Waals surface area contributed by atoms with E-state index >= 15 is 0 Å². The van der Waals surface area contributed by atoms with Gasteiger partial charge in [-0.1, -0.05) is 58.1 Å². The molecular weight excluding hydrogens is 1510 g/mol. The first-order chi connectivity index (χ1) is 52.0. The van der Waals surface area contributed by atoms with Crippen LogP contribution in [0.25, 0.3) is 0 Å². The monoisotopic (exact) mass is 1630 g/mol. The number of unbranched alkanes of at least 4 members (excludes halogenated alkanes) is 4. The van der Waals surface area contributed by atoms with E-state index in [-0.39, 0.29) is 156 Å². The quantitative estimate of drug-likeness (QED) is 0.00917. The molecule has 8 aliphatic carbocycles. The molecule has 622 valence electrons. The Bertz CT molecular complexity index is 3560. The smallest absolute Gasteiger partial charge is 0.475 e. The Hall–Kier alpha value is -6.52. The van der Waals surface area contributed by atoms with E-state index in [0.717, 1.165) is 99.3 Å². The number of aliphatic carboxylic acids is 1. The highest BCUT2D eigenvalue weighted by atomic mass is 35.5. The minimum atomic E-state index is -5.08. The number of urea groups is 1. The van der Waals surface area contributed by atoms with Crippen LogP contribution in [0.15, 0.2) is 28.3 Å². The van der Waals surface area contributed by atoms with Crippen molar-refractivity contribution >= 4 is 117 Å². The third kappa shape index (κ3) is 22.1. The van der Waals surface area contributed by atoms with Crippen LogP contribution in [-0.2, 0) is 67.0 Å². The van der Waals surface area contributed by atoms with E-state index in [1.165, 1.54) is 6.92 Å². The number of aliphatic hydroxyl groups excluding tert-OH is 2. The van der Waals surface area contributed by atoms with E-state index in [1.807, 2.05) is 25.6 Å². The molecule has 111 heavy (non-hydrogen) atoms. The molecule has 0 aromatic carbocycles. The highest BCUT2D eigenvalue weighted by Gasteiger charge is 2.70. The predicted molar refractivity (Wildman–Crippen MR) is 405 cm³/mol. The molecule has 0 radical (unpaired) electrons. The molecule has 0 spiro atoms. The van der Waals surface area contributed by atoms with Crippen molar-refractivity contribution in [1.82, 2.24) is 16.0 Å². The average Bonchev–Trinajstić information content (AvgIpc) is 1.59. The van der Waals surface area contributed by atoms with Gasteiger partial charge in [0.05, 0.1) is 42.0 Å². The summed E-state index contributed by atoms with van der Waals surface area (Å²) >= 11 is 8.32. The Morgan fingerprint density at radius 2 is 1.19 bits per heavy atom. The number of carbonyl (C=O) groups is 13. The van der Waals surface area contributed by atoms with Gasteiger partial charge in [-0.05, 0) is 174 Å². The van der Waals surface area contributed by atoms with Gasteiger partial charge < -0.3 is 73.9 Å². The number of thioether (sulfide) groups is 2. The molecule has 10 rings (SSSR count). The van der Waals surface area contributed by atoms with Gasteiger partial charge in [0.15, 0.2) is 36.5 Å². The van der Waals surface area contributed by atoms with Crippen molar-refractivity contribution in [2.75, 3.05) is 42.9 Å². The van der Waals surface area contributed by atoms with Crippen LogP contribution < -0.4 is 38.9 Å². The number of fused-ring (bicyclic) bond motifs is 11. The Kier molecular flexibility index (Phi) is 32.4. The molecule has 0 bridgehead atoms. The third-order valence-electron chi connectivity index (χ3n) is 25.9. The summed E-state index contributed by atoms with van der Waals surface area (Å²) in [4.78, 5) is 161. The van der Waals surface area contributed by atoms with Crippen LogP contribution >= 0.6 is 35.1 Å². The molecule has 8 fully saturated rings. The molecule has 0 aromatic rings. The number of nitrogens with one attached hydrogen (secondary N) is 3. The molecule has 0 aromatic heterocycles. The number of nitrogens with two attached hydrogens (primary N) is 4. The number of Topliss-reactive ketones (excluding diaryl/α,β-unsaturated/α-hetero) is 4. The fraction of sp³-hybridized carbons (Fsp3) is 0.766. The maximum absolute atomic E-state index is 13.8. The van der Waals surface area contributed by atoms with E-state index in [4.69, 9.17) is 48.2 Å². The number of guanidine groups is 1. The van der Waals surface area contributed by atoms with Crippen molar-refractivity contribution in [3.63, 3.8) is 0 Å². The van der Waals surface area contributed by atoms with E-state index in [9.17, 15) is 91.1 Å². The average molecular weight is 1630 g/mol. The molecule has 16 N–H and O–H groups in total. The lowest BCUT2D eigenvalue weighted by atomic mass is 9.45. The Morgan fingerprint density at radius 3 is 1.67 bits per heavy atom. The SMILES string of the molecule is CC(N)=O.C[C@]12CCC(=O)C=C1CC[C@@H]1[C@@H]2[C@@H](O)C[C@@]2(C)[C@H]1CC[C@]2(O)C(=O)COC(=O)CCl.C[C@]12CCC(=O)C=C1CC[C@@H]1[C@@H]2[C@@H](O)C[C@@]2(C)[C@H]1CC[C@]2(O)C(=O)COC(=O)CSC[C@H](CC(=O)[C@@H](CCCN=C(N)N)NC(=O)CCCCCCC(=O)CCCC[C@@H]1SC[C@@H]2NC(=O)N[C@@H]21)C(N)=O.O=C(O)C(F)(F)F. The number of ether oxygens (including phenoxy) is 2. The van der Waals surface area contributed by atoms with E-state index in [0.29, 0.717) is 75.9 Å². The number of primary amides is 2. The summed E-state index contributed by atoms with van der Waals surface area (Å²) in [7, 11) is 0. The van der Waals surface area contributed by atoms with Crippen molar-refractivity contribution < 1.29 is 111 Å². The number of amides is 5. The Labute approximate surface area is 658 Å². The number of aliphatic hydroxyl groups is 4. The van der Waals surface area contributed by atoms with Crippen molar-refractivity contribution in [2.45, 2.75) is 261 Å². The second-order valence-corrected chi connectivity index (χ2v) is 35.4. The van der Waals surface area contributed by atoms with Crippen LogP contribution in [0.2, 0.25) is 0 Å². The number of allylic oxidation sites excluding steroid dienone is 2. The lowest BCUT2D eigenvalue weighted by molar-refractivity contribution is -0.192. The number of rotatable bonds is 32. The summed E-state index contributed by atoms with van der Waals surface area (Å²) in [5.74, 6) is -7.15. The molecule has 10 aliphatic rings. The molecular formula is C77H114ClF3N8O20S2. The predicted octanol–water partition coefficient (Wildman–Crippen LogP) is 6.00. The van der Waals surface area contributed by atoms with Gasteiger partial charge >= 0.3 is 30.1 Å². The highest BCUT2D eigenvalue weighted by molar-refractivity contribution is 8.00. The summed E-state index contributed by atoms with van der Waals surface area (Å²) in [6, 6.07) is -0.665. The van der Waals surface area contributed by atoms with Crippen LogP contribution in [-0.4, -0.2) is 204 Å². The van der Waals surface area contributed by atoms with Crippen molar-refractivity contribution in [2.24, 2.45) is 91.0 Å². The van der Waals surface area contributed by atoms with E-state index < -0.39 is 107 Å². The number of carboxylic acid groups (broad SMARTS) is 1. The number of halogens is 4. The number of ketones is 6. The fourth-order valence-electron chi connectivity index (χ4n) is 20.3. The maximum Gasteiger partial charge on any atom is 0.490 e. The van der Waals surface area contributed by atoms with Crippen LogP contribution in [0.3, 0.4) is 0 Å². The molecule has 34 heteroatoms. The molecule has 28 nitrogen and oxygen atoms in total. The summed E-state index contributed by atoms with van der Waals surface area (Å²) in [6.45, 7) is 8.46. The molecule has 2 aliphatic heterocycles. The van der Waals surface area contributed by atoms with Crippen LogP contribution in [0.5, 0.6) is 0 Å². The number of carbonyl (C=O) groups excluding carboxylic acids is 12. The number of nitrogens with zero attached hydrogens (tertiary/aromatic N) is 1. The summed E-state index contributed by atoms with van der Waals surface area (Å²) in [5, 5.41) is 62.8. The number of aliphatic imine (C=N–C) groups is 1. The lowest BCUT2D eigenvalue weighted by Crippen LogP contribution is -2.62. The van der Waals surface area contributed by atoms with Gasteiger partial charge in [-0.3, -0.25) is 57.7 Å². The zero-order valence-electron chi connectivity index (χ0n) is 64.1. The maximum atomic E-state index is 13.8. The Morgan fingerprint density at radius 1 is 0.703 bits per heavy atom. The molecule has 19 atom stereocenters. The fourth-order valence-corrected chi connectivity index (χ4v) is 22.9. The van der Waals surface area contributed by atoms with Gasteiger partial charge in [0.25, 0.3) is 0 Å². The Balaban J connectivity index is 0.000000340.